The van der Waals surface area contributed by atoms with Gasteiger partial charge in [0.1, 0.15) is 18.1 Å². The highest BCUT2D eigenvalue weighted by Crippen LogP contribution is 2.31. The Morgan fingerprint density at radius 3 is 2.55 bits per heavy atom. The lowest BCUT2D eigenvalue weighted by Crippen LogP contribution is -2.35. The molecule has 2 aromatic carbocycles. The minimum absolute atomic E-state index is 0.113. The summed E-state index contributed by atoms with van der Waals surface area (Å²) in [7, 11) is -2.20. The summed E-state index contributed by atoms with van der Waals surface area (Å²) in [4.78, 5) is 13.4. The van der Waals surface area contributed by atoms with Crippen LogP contribution in [0.25, 0.3) is 0 Å². The van der Waals surface area contributed by atoms with E-state index in [4.69, 9.17) is 4.74 Å². The van der Waals surface area contributed by atoms with Gasteiger partial charge in [0.05, 0.1) is 17.7 Å². The number of carbonyl (C=O) groups is 1. The first-order chi connectivity index (χ1) is 16.0. The molecule has 0 aliphatic carbocycles. The lowest BCUT2D eigenvalue weighted by atomic mass is 10.1. The van der Waals surface area contributed by atoms with Crippen LogP contribution in [0.1, 0.15) is 30.9 Å². The van der Waals surface area contributed by atoms with Crippen molar-refractivity contribution >= 4 is 21.6 Å². The van der Waals surface area contributed by atoms with E-state index in [0.717, 1.165) is 24.8 Å². The second-order valence-electron chi connectivity index (χ2n) is 7.81. The molecule has 0 saturated carbocycles. The van der Waals surface area contributed by atoms with E-state index in [-0.39, 0.29) is 10.6 Å². The molecule has 1 N–H and O–H groups in total. The van der Waals surface area contributed by atoms with Crippen LogP contribution in [-0.4, -0.2) is 59.0 Å². The number of hydrogen-bond donors (Lipinski definition) is 1. The van der Waals surface area contributed by atoms with Crippen LogP contribution in [-0.2, 0) is 21.2 Å². The molecule has 0 bridgehead atoms. The van der Waals surface area contributed by atoms with Crippen molar-refractivity contribution in [3.05, 3.63) is 60.4 Å². The fourth-order valence-electron chi connectivity index (χ4n) is 3.87. The molecule has 3 aromatic rings. The van der Waals surface area contributed by atoms with Gasteiger partial charge in [0.15, 0.2) is 0 Å². The average molecular weight is 471 g/mol. The van der Waals surface area contributed by atoms with E-state index in [1.54, 1.807) is 6.07 Å². The average Bonchev–Trinajstić information content (AvgIpc) is 3.38. The Balaban J connectivity index is 1.62. The molecule has 0 radical (unpaired) electrons. The van der Waals surface area contributed by atoms with Crippen molar-refractivity contribution in [2.75, 3.05) is 25.5 Å². The van der Waals surface area contributed by atoms with E-state index < -0.39 is 22.0 Å². The first kappa shape index (κ1) is 22.9. The summed E-state index contributed by atoms with van der Waals surface area (Å²) in [5, 5.41) is 14.0. The number of sulfonamides is 1. The number of amides is 1. The van der Waals surface area contributed by atoms with E-state index in [9.17, 15) is 13.2 Å². The molecule has 2 heterocycles. The maximum atomic E-state index is 13.3. The van der Waals surface area contributed by atoms with Gasteiger partial charge in [-0.15, -0.1) is 5.10 Å². The van der Waals surface area contributed by atoms with Gasteiger partial charge in [-0.1, -0.05) is 36.8 Å². The van der Waals surface area contributed by atoms with Crippen LogP contribution in [0.4, 0.5) is 5.69 Å². The smallest absolute Gasteiger partial charge is 0.249 e. The summed E-state index contributed by atoms with van der Waals surface area (Å²) in [6.45, 7) is 0.989. The number of aromatic nitrogens is 4. The van der Waals surface area contributed by atoms with Gasteiger partial charge in [-0.05, 0) is 47.0 Å². The lowest BCUT2D eigenvalue weighted by molar-refractivity contribution is -0.119. The molecule has 1 fully saturated rings. The van der Waals surface area contributed by atoms with Crippen molar-refractivity contribution in [1.29, 1.82) is 0 Å². The van der Waals surface area contributed by atoms with Crippen LogP contribution in [0.5, 0.6) is 5.75 Å². The van der Waals surface area contributed by atoms with Crippen molar-refractivity contribution in [3.8, 4) is 5.75 Å². The minimum atomic E-state index is -3.67. The second-order valence-corrected chi connectivity index (χ2v) is 9.75. The largest absolute Gasteiger partial charge is 0.495 e. The number of nitrogens with one attached hydrogen (secondary N) is 1. The molecule has 1 aliphatic rings. The Labute approximate surface area is 192 Å². The van der Waals surface area contributed by atoms with Crippen LogP contribution in [0, 0.1) is 0 Å². The van der Waals surface area contributed by atoms with E-state index >= 15 is 0 Å². The Morgan fingerprint density at radius 2 is 1.88 bits per heavy atom. The highest BCUT2D eigenvalue weighted by atomic mass is 32.2. The SMILES string of the molecule is COc1ccc(S(=O)(=O)N2CCCCC2)cc1NC(=O)[C@H](Cc1ccccc1)n1cnnn1. The number of hydrogen-bond acceptors (Lipinski definition) is 7. The van der Waals surface area contributed by atoms with Crippen molar-refractivity contribution in [1.82, 2.24) is 24.5 Å². The fourth-order valence-corrected chi connectivity index (χ4v) is 5.41. The first-order valence-electron chi connectivity index (χ1n) is 10.7. The topological polar surface area (TPSA) is 119 Å². The molecule has 1 atom stereocenters. The minimum Gasteiger partial charge on any atom is -0.495 e. The molecule has 33 heavy (non-hydrogen) atoms. The van der Waals surface area contributed by atoms with Crippen LogP contribution >= 0.6 is 0 Å². The standard InChI is InChI=1S/C22H26N6O4S/c1-32-21-11-10-18(33(30,31)27-12-6-3-7-13-27)15-19(21)24-22(29)20(28-16-23-25-26-28)14-17-8-4-2-5-9-17/h2,4-5,8-11,15-16,20H,3,6-7,12-14H2,1H3,(H,24,29)/t20-/m0/s1. The Morgan fingerprint density at radius 1 is 1.12 bits per heavy atom. The maximum Gasteiger partial charge on any atom is 0.249 e. The molecular formula is C22H26N6O4S. The summed E-state index contributed by atoms with van der Waals surface area (Å²) in [5.41, 5.74) is 1.20. The number of methoxy groups -OCH3 is 1. The number of carbonyl (C=O) groups excluding carboxylic acids is 1. The van der Waals surface area contributed by atoms with Gasteiger partial charge in [0.25, 0.3) is 0 Å². The Bertz CT molecular complexity index is 1180. The van der Waals surface area contributed by atoms with Crippen LogP contribution < -0.4 is 10.1 Å². The third-order valence-corrected chi connectivity index (χ3v) is 7.53. The number of anilines is 1. The molecule has 174 valence electrons. The number of rotatable bonds is 8. The summed E-state index contributed by atoms with van der Waals surface area (Å²) < 4.78 is 34.5. The van der Waals surface area contributed by atoms with Crippen LogP contribution in [0.2, 0.25) is 0 Å². The van der Waals surface area contributed by atoms with E-state index in [1.807, 2.05) is 30.3 Å². The third-order valence-electron chi connectivity index (χ3n) is 5.64. The van der Waals surface area contributed by atoms with Gasteiger partial charge in [-0.25, -0.2) is 13.1 Å². The number of benzene rings is 2. The highest BCUT2D eigenvalue weighted by molar-refractivity contribution is 7.89. The summed E-state index contributed by atoms with van der Waals surface area (Å²) in [6.07, 6.45) is 4.43. The summed E-state index contributed by atoms with van der Waals surface area (Å²) in [5.74, 6) is -0.0342. The van der Waals surface area contributed by atoms with Gasteiger partial charge in [0.2, 0.25) is 15.9 Å². The number of ether oxygens (including phenoxy) is 1. The van der Waals surface area contributed by atoms with E-state index in [1.165, 1.54) is 34.6 Å². The number of tetrazole rings is 1. The molecular weight excluding hydrogens is 444 g/mol. The summed E-state index contributed by atoms with van der Waals surface area (Å²) >= 11 is 0. The van der Waals surface area contributed by atoms with Gasteiger partial charge in [-0.2, -0.15) is 4.31 Å². The molecule has 0 spiro atoms. The number of piperidine rings is 1. The van der Waals surface area contributed by atoms with Gasteiger partial charge in [-0.3, -0.25) is 4.79 Å². The van der Waals surface area contributed by atoms with Crippen molar-refractivity contribution < 1.29 is 17.9 Å². The predicted molar refractivity (Wildman–Crippen MR) is 121 cm³/mol. The third kappa shape index (κ3) is 5.20. The van der Waals surface area contributed by atoms with Crippen molar-refractivity contribution in [2.24, 2.45) is 0 Å². The maximum absolute atomic E-state index is 13.3. The molecule has 1 saturated heterocycles. The van der Waals surface area contributed by atoms with Crippen LogP contribution in [0.15, 0.2) is 59.8 Å². The van der Waals surface area contributed by atoms with E-state index in [2.05, 4.69) is 20.8 Å². The van der Waals surface area contributed by atoms with Gasteiger partial charge < -0.3 is 10.1 Å². The molecule has 1 aliphatic heterocycles. The summed E-state index contributed by atoms with van der Waals surface area (Å²) in [6, 6.07) is 13.3. The van der Waals surface area contributed by atoms with E-state index in [0.29, 0.717) is 25.3 Å². The fraction of sp³-hybridized carbons (Fsp3) is 0.364. The molecule has 10 nitrogen and oxygen atoms in total. The Kier molecular flexibility index (Phi) is 6.99. The van der Waals surface area contributed by atoms with Gasteiger partial charge in [0, 0.05) is 19.5 Å². The monoisotopic (exact) mass is 470 g/mol. The second kappa shape index (κ2) is 10.1. The molecule has 11 heteroatoms. The zero-order valence-electron chi connectivity index (χ0n) is 18.3. The molecule has 0 unspecified atom stereocenters. The van der Waals surface area contributed by atoms with Crippen molar-refractivity contribution in [3.63, 3.8) is 0 Å². The Hall–Kier alpha value is -3.31. The molecule has 4 rings (SSSR count). The molecule has 1 aromatic heterocycles. The normalized spacial score (nSPS) is 15.7. The highest BCUT2D eigenvalue weighted by Gasteiger charge is 2.28. The zero-order chi connectivity index (χ0) is 23.3. The number of nitrogens with zero attached hydrogens (tertiary/aromatic N) is 5. The zero-order valence-corrected chi connectivity index (χ0v) is 19.1. The molecule has 1 amide bonds. The van der Waals surface area contributed by atoms with Crippen molar-refractivity contribution in [2.45, 2.75) is 36.6 Å². The predicted octanol–water partition coefficient (Wildman–Crippen LogP) is 2.28. The first-order valence-corrected chi connectivity index (χ1v) is 12.2. The van der Waals surface area contributed by atoms with Crippen LogP contribution in [0.3, 0.4) is 0 Å². The van der Waals surface area contributed by atoms with Gasteiger partial charge >= 0.3 is 0 Å². The lowest BCUT2D eigenvalue weighted by Gasteiger charge is -2.26. The quantitative estimate of drug-likeness (QED) is 0.536.